The number of carbonyl (C=O) groups excluding carboxylic acids is 2. The third-order valence-corrected chi connectivity index (χ3v) is 5.46. The first-order chi connectivity index (χ1) is 10.5. The van der Waals surface area contributed by atoms with Crippen molar-refractivity contribution in [3.63, 3.8) is 0 Å². The Kier molecular flexibility index (Phi) is 3.63. The van der Waals surface area contributed by atoms with Crippen LogP contribution in [0.5, 0.6) is 0 Å². The monoisotopic (exact) mass is 305 g/mol. The molecule has 5 heteroatoms. The molecule has 2 N–H and O–H groups in total. The first-order valence-electron chi connectivity index (χ1n) is 7.98. The zero-order valence-electron chi connectivity index (χ0n) is 13.0. The normalized spacial score (nSPS) is 41.8. The van der Waals surface area contributed by atoms with Gasteiger partial charge in [0.05, 0.1) is 12.0 Å². The average Bonchev–Trinajstić information content (AvgIpc) is 2.69. The molecule has 0 spiro atoms. The van der Waals surface area contributed by atoms with Gasteiger partial charge in [0.1, 0.15) is 0 Å². The van der Waals surface area contributed by atoms with Gasteiger partial charge in [-0.3, -0.25) is 4.79 Å². The smallest absolute Gasteiger partial charge is 0.339 e. The lowest BCUT2D eigenvalue weighted by Crippen LogP contribution is -2.80. The Balaban J connectivity index is 1.93. The van der Waals surface area contributed by atoms with Crippen LogP contribution in [0.25, 0.3) is 0 Å². The van der Waals surface area contributed by atoms with Crippen molar-refractivity contribution in [1.29, 1.82) is 0 Å². The average molecular weight is 305 g/mol. The minimum Gasteiger partial charge on any atom is -0.453 e. The third-order valence-electron chi connectivity index (χ3n) is 5.46. The molecule has 0 unspecified atom stereocenters. The van der Waals surface area contributed by atoms with Crippen LogP contribution in [0.1, 0.15) is 39.5 Å². The van der Waals surface area contributed by atoms with Crippen LogP contribution in [0.3, 0.4) is 0 Å². The predicted octanol–water partition coefficient (Wildman–Crippen LogP) is 1.47. The van der Waals surface area contributed by atoms with Crippen LogP contribution >= 0.6 is 0 Å². The second-order valence-corrected chi connectivity index (χ2v) is 6.62. The van der Waals surface area contributed by atoms with Crippen molar-refractivity contribution in [3.8, 4) is 0 Å². The van der Waals surface area contributed by atoms with Crippen molar-refractivity contribution >= 4 is 11.9 Å². The number of rotatable bonds is 4. The van der Waals surface area contributed by atoms with Gasteiger partial charge in [0.25, 0.3) is 0 Å². The summed E-state index contributed by atoms with van der Waals surface area (Å²) in [4.78, 5) is 24.6. The number of amides is 1. The molecule has 0 bridgehead atoms. The molecule has 1 amide bonds. The van der Waals surface area contributed by atoms with Crippen LogP contribution in [-0.4, -0.2) is 34.2 Å². The summed E-state index contributed by atoms with van der Waals surface area (Å²) in [6, 6.07) is 0. The molecule has 22 heavy (non-hydrogen) atoms. The van der Waals surface area contributed by atoms with E-state index in [9.17, 15) is 14.7 Å². The van der Waals surface area contributed by atoms with Crippen LogP contribution in [0.15, 0.2) is 24.3 Å². The Morgan fingerprint density at radius 3 is 2.91 bits per heavy atom. The Morgan fingerprint density at radius 2 is 2.32 bits per heavy atom. The maximum atomic E-state index is 12.4. The topological polar surface area (TPSA) is 75.6 Å². The van der Waals surface area contributed by atoms with E-state index in [4.69, 9.17) is 4.74 Å². The largest absolute Gasteiger partial charge is 0.453 e. The molecular formula is C17H23NO4. The van der Waals surface area contributed by atoms with Gasteiger partial charge in [-0.25, -0.2) is 4.79 Å². The molecule has 0 saturated carbocycles. The summed E-state index contributed by atoms with van der Waals surface area (Å²) in [6.07, 6.45) is 10.1. The van der Waals surface area contributed by atoms with E-state index in [1.54, 1.807) is 6.92 Å². The van der Waals surface area contributed by atoms with Crippen LogP contribution in [0.4, 0.5) is 0 Å². The Bertz CT molecular complexity index is 555. The number of esters is 1. The van der Waals surface area contributed by atoms with E-state index in [2.05, 4.69) is 5.32 Å². The Labute approximate surface area is 130 Å². The molecule has 0 aromatic heterocycles. The molecule has 120 valence electrons. The summed E-state index contributed by atoms with van der Waals surface area (Å²) in [6.45, 7) is 3.65. The summed E-state index contributed by atoms with van der Waals surface area (Å²) in [7, 11) is 0. The molecule has 2 saturated heterocycles. The van der Waals surface area contributed by atoms with Crippen LogP contribution in [-0.2, 0) is 14.3 Å². The highest BCUT2D eigenvalue weighted by Crippen LogP contribution is 2.53. The molecule has 5 nitrogen and oxygen atoms in total. The van der Waals surface area contributed by atoms with Crippen molar-refractivity contribution in [2.45, 2.75) is 56.8 Å². The van der Waals surface area contributed by atoms with Crippen molar-refractivity contribution in [3.05, 3.63) is 24.3 Å². The molecule has 2 heterocycles. The highest BCUT2D eigenvalue weighted by molar-refractivity contribution is 6.02. The van der Waals surface area contributed by atoms with Crippen molar-refractivity contribution < 1.29 is 19.4 Å². The third kappa shape index (κ3) is 1.81. The SMILES string of the molecule is C/C=C/C[C@H]1C(=O)N[C@@]2([C@H](O)[C@@H]3C=CCCC3)C(=O)O[C@@]12C. The summed E-state index contributed by atoms with van der Waals surface area (Å²) in [5.74, 6) is -1.31. The quantitative estimate of drug-likeness (QED) is 0.609. The number of fused-ring (bicyclic) bond motifs is 1. The molecule has 2 fully saturated rings. The standard InChI is InChI=1S/C17H23NO4/c1-3-4-10-12-14(20)18-17(15(21)22-16(12,17)2)13(19)11-8-6-5-7-9-11/h3-4,6,8,11-13,19H,5,7,9-10H2,1-2H3,(H,18,20)/b4-3+/t11-,12+,13-,16+,17+/m1/s1. The number of ether oxygens (including phenoxy) is 1. The van der Waals surface area contributed by atoms with Crippen LogP contribution < -0.4 is 5.32 Å². The lowest BCUT2D eigenvalue weighted by atomic mass is 9.64. The molecule has 2 aliphatic heterocycles. The van der Waals surface area contributed by atoms with Gasteiger partial charge in [-0.15, -0.1) is 0 Å². The number of carbonyl (C=O) groups is 2. The first kappa shape index (κ1) is 15.3. The van der Waals surface area contributed by atoms with Crippen LogP contribution in [0, 0.1) is 11.8 Å². The van der Waals surface area contributed by atoms with Gasteiger partial charge < -0.3 is 15.2 Å². The minimum absolute atomic E-state index is 0.123. The Morgan fingerprint density at radius 1 is 1.55 bits per heavy atom. The maximum absolute atomic E-state index is 12.4. The zero-order valence-corrected chi connectivity index (χ0v) is 13.0. The van der Waals surface area contributed by atoms with Gasteiger partial charge in [0.2, 0.25) is 11.4 Å². The molecule has 3 rings (SSSR count). The number of allylic oxidation sites excluding steroid dienone is 3. The molecule has 0 radical (unpaired) electrons. The molecule has 5 atom stereocenters. The second kappa shape index (κ2) is 5.23. The number of aliphatic hydroxyl groups excluding tert-OH is 1. The van der Waals surface area contributed by atoms with Gasteiger partial charge in [-0.05, 0) is 39.5 Å². The van der Waals surface area contributed by atoms with Gasteiger partial charge in [-0.1, -0.05) is 24.3 Å². The predicted molar refractivity (Wildman–Crippen MR) is 80.8 cm³/mol. The minimum atomic E-state index is -1.30. The van der Waals surface area contributed by atoms with Crippen molar-refractivity contribution in [2.24, 2.45) is 11.8 Å². The fourth-order valence-electron chi connectivity index (χ4n) is 4.08. The summed E-state index contributed by atoms with van der Waals surface area (Å²) in [5, 5.41) is 13.6. The highest BCUT2D eigenvalue weighted by Gasteiger charge is 2.79. The van der Waals surface area contributed by atoms with E-state index < -0.39 is 29.1 Å². The second-order valence-electron chi connectivity index (χ2n) is 6.62. The van der Waals surface area contributed by atoms with Gasteiger partial charge in [0.15, 0.2) is 5.60 Å². The first-order valence-corrected chi connectivity index (χ1v) is 7.98. The van der Waals surface area contributed by atoms with E-state index in [0.717, 1.165) is 19.3 Å². The molecular weight excluding hydrogens is 282 g/mol. The maximum Gasteiger partial charge on any atom is 0.339 e. The number of nitrogens with one attached hydrogen (secondary N) is 1. The number of hydrogen-bond acceptors (Lipinski definition) is 4. The van der Waals surface area contributed by atoms with Crippen molar-refractivity contribution in [1.82, 2.24) is 5.32 Å². The summed E-state index contributed by atoms with van der Waals surface area (Å²) >= 11 is 0. The molecule has 0 aromatic carbocycles. The van der Waals surface area contributed by atoms with E-state index in [1.165, 1.54) is 0 Å². The highest BCUT2D eigenvalue weighted by atomic mass is 16.6. The van der Waals surface area contributed by atoms with Gasteiger partial charge >= 0.3 is 5.97 Å². The summed E-state index contributed by atoms with van der Waals surface area (Å²) < 4.78 is 5.41. The fourth-order valence-corrected chi connectivity index (χ4v) is 4.08. The fraction of sp³-hybridized carbons (Fsp3) is 0.647. The van der Waals surface area contributed by atoms with Gasteiger partial charge in [-0.2, -0.15) is 0 Å². The number of hydrogen-bond donors (Lipinski definition) is 2. The van der Waals surface area contributed by atoms with E-state index in [1.807, 2.05) is 31.2 Å². The molecule has 0 aromatic rings. The van der Waals surface area contributed by atoms with E-state index in [0.29, 0.717) is 6.42 Å². The lowest BCUT2D eigenvalue weighted by molar-refractivity contribution is -0.237. The van der Waals surface area contributed by atoms with Gasteiger partial charge in [0, 0.05) is 5.92 Å². The molecule has 3 aliphatic rings. The molecule has 1 aliphatic carbocycles. The van der Waals surface area contributed by atoms with E-state index >= 15 is 0 Å². The van der Waals surface area contributed by atoms with Crippen LogP contribution in [0.2, 0.25) is 0 Å². The van der Waals surface area contributed by atoms with E-state index in [-0.39, 0.29) is 11.8 Å². The van der Waals surface area contributed by atoms with Crippen molar-refractivity contribution in [2.75, 3.05) is 0 Å². The Hall–Kier alpha value is -1.62. The summed E-state index contributed by atoms with van der Waals surface area (Å²) in [5.41, 5.74) is -2.28. The number of aliphatic hydroxyl groups is 1. The zero-order chi connectivity index (χ0) is 16.0. The lowest BCUT2D eigenvalue weighted by Gasteiger charge is -2.54.